The number of aryl methyl sites for hydroxylation is 2. The van der Waals surface area contributed by atoms with Crippen LogP contribution in [0.2, 0.25) is 0 Å². The molecule has 1 saturated heterocycles. The van der Waals surface area contributed by atoms with Crippen LogP contribution >= 0.6 is 0 Å². The topological polar surface area (TPSA) is 61.4 Å². The molecule has 5 heteroatoms. The molecule has 0 aliphatic carbocycles. The van der Waals surface area contributed by atoms with Crippen molar-refractivity contribution in [3.63, 3.8) is 0 Å². The molecule has 0 unspecified atom stereocenters. The predicted octanol–water partition coefficient (Wildman–Crippen LogP) is 4.18. The van der Waals surface area contributed by atoms with Gasteiger partial charge in [-0.25, -0.2) is 4.79 Å². The molecule has 130 valence electrons. The first-order valence-corrected chi connectivity index (χ1v) is 8.57. The summed E-state index contributed by atoms with van der Waals surface area (Å²) in [4.78, 5) is 26.4. The van der Waals surface area contributed by atoms with Crippen LogP contribution in [0.25, 0.3) is 0 Å². The van der Waals surface area contributed by atoms with E-state index in [2.05, 4.69) is 10.6 Å². The second-order valence-electron chi connectivity index (χ2n) is 6.46. The quantitative estimate of drug-likeness (QED) is 0.882. The number of hydrogen-bond donors (Lipinski definition) is 2. The molecule has 0 spiro atoms. The molecule has 0 atom stereocenters. The molecular weight excluding hydrogens is 314 g/mol. The lowest BCUT2D eigenvalue weighted by Gasteiger charge is -2.16. The molecule has 1 fully saturated rings. The standard InChI is InChI=1S/C20H23N3O2/c1-14-8-9-16(12-15(14)2)19(24)21-17-6-5-7-18(13-17)22-20(25)23-10-3-4-11-23/h5-9,12-13H,3-4,10-11H2,1-2H3,(H,21,24)(H,22,25). The fraction of sp³-hybridized carbons (Fsp3) is 0.300. The summed E-state index contributed by atoms with van der Waals surface area (Å²) in [5, 5.41) is 5.77. The Kier molecular flexibility index (Phi) is 5.03. The van der Waals surface area contributed by atoms with Gasteiger partial charge in [0.1, 0.15) is 0 Å². The van der Waals surface area contributed by atoms with E-state index in [9.17, 15) is 9.59 Å². The first-order chi connectivity index (χ1) is 12.0. The molecule has 0 aromatic heterocycles. The third-order valence-electron chi connectivity index (χ3n) is 4.53. The van der Waals surface area contributed by atoms with Crippen molar-refractivity contribution in [1.29, 1.82) is 0 Å². The zero-order chi connectivity index (χ0) is 17.8. The summed E-state index contributed by atoms with van der Waals surface area (Å²) >= 11 is 0. The first-order valence-electron chi connectivity index (χ1n) is 8.57. The third kappa shape index (κ3) is 4.18. The maximum absolute atomic E-state index is 12.4. The number of amides is 3. The Bertz CT molecular complexity index is 795. The molecule has 0 saturated carbocycles. The van der Waals surface area contributed by atoms with E-state index in [1.807, 2.05) is 50.2 Å². The molecule has 2 aromatic carbocycles. The van der Waals surface area contributed by atoms with Gasteiger partial charge < -0.3 is 15.5 Å². The Hall–Kier alpha value is -2.82. The summed E-state index contributed by atoms with van der Waals surface area (Å²) in [5.41, 5.74) is 4.19. The highest BCUT2D eigenvalue weighted by Gasteiger charge is 2.17. The molecule has 2 aromatic rings. The minimum atomic E-state index is -0.161. The van der Waals surface area contributed by atoms with Gasteiger partial charge in [0.15, 0.2) is 0 Å². The van der Waals surface area contributed by atoms with Crippen molar-refractivity contribution >= 4 is 23.3 Å². The fourth-order valence-corrected chi connectivity index (χ4v) is 2.88. The Balaban J connectivity index is 1.67. The smallest absolute Gasteiger partial charge is 0.321 e. The Morgan fingerprint density at radius 3 is 2.24 bits per heavy atom. The van der Waals surface area contributed by atoms with Crippen molar-refractivity contribution in [3.8, 4) is 0 Å². The summed E-state index contributed by atoms with van der Waals surface area (Å²) < 4.78 is 0. The summed E-state index contributed by atoms with van der Waals surface area (Å²) in [6.07, 6.45) is 2.11. The van der Waals surface area contributed by atoms with Gasteiger partial charge in [-0.15, -0.1) is 0 Å². The van der Waals surface area contributed by atoms with Crippen LogP contribution in [-0.4, -0.2) is 29.9 Å². The minimum absolute atomic E-state index is 0.0878. The monoisotopic (exact) mass is 337 g/mol. The van der Waals surface area contributed by atoms with Gasteiger partial charge in [-0.05, 0) is 68.1 Å². The van der Waals surface area contributed by atoms with Gasteiger partial charge in [-0.1, -0.05) is 12.1 Å². The average molecular weight is 337 g/mol. The van der Waals surface area contributed by atoms with E-state index >= 15 is 0 Å². The zero-order valence-electron chi connectivity index (χ0n) is 14.6. The van der Waals surface area contributed by atoms with Crippen molar-refractivity contribution in [2.45, 2.75) is 26.7 Å². The Labute approximate surface area is 148 Å². The number of rotatable bonds is 3. The largest absolute Gasteiger partial charge is 0.325 e. The number of benzene rings is 2. The Morgan fingerprint density at radius 2 is 1.56 bits per heavy atom. The minimum Gasteiger partial charge on any atom is -0.325 e. The van der Waals surface area contributed by atoms with Gasteiger partial charge in [0.25, 0.3) is 5.91 Å². The summed E-state index contributed by atoms with van der Waals surface area (Å²) in [7, 11) is 0. The molecule has 1 aliphatic heterocycles. The SMILES string of the molecule is Cc1ccc(C(=O)Nc2cccc(NC(=O)N3CCCC3)c2)cc1C. The third-order valence-corrected chi connectivity index (χ3v) is 4.53. The van der Waals surface area contributed by atoms with Crippen LogP contribution < -0.4 is 10.6 Å². The van der Waals surface area contributed by atoms with Crippen LogP contribution in [-0.2, 0) is 0 Å². The van der Waals surface area contributed by atoms with E-state index in [-0.39, 0.29) is 11.9 Å². The predicted molar refractivity (Wildman–Crippen MR) is 100 cm³/mol. The summed E-state index contributed by atoms with van der Waals surface area (Å²) in [5.74, 6) is -0.161. The lowest BCUT2D eigenvalue weighted by molar-refractivity contribution is 0.102. The molecule has 25 heavy (non-hydrogen) atoms. The number of nitrogens with zero attached hydrogens (tertiary/aromatic N) is 1. The number of carbonyl (C=O) groups is 2. The molecule has 3 amide bonds. The van der Waals surface area contributed by atoms with Crippen molar-refractivity contribution in [1.82, 2.24) is 4.90 Å². The van der Waals surface area contributed by atoms with E-state index in [0.29, 0.717) is 16.9 Å². The van der Waals surface area contributed by atoms with E-state index in [1.54, 1.807) is 11.0 Å². The molecular formula is C20H23N3O2. The van der Waals surface area contributed by atoms with Crippen molar-refractivity contribution in [2.75, 3.05) is 23.7 Å². The number of carbonyl (C=O) groups excluding carboxylic acids is 2. The second-order valence-corrected chi connectivity index (χ2v) is 6.46. The van der Waals surface area contributed by atoms with Gasteiger partial charge >= 0.3 is 6.03 Å². The van der Waals surface area contributed by atoms with Gasteiger partial charge in [0.2, 0.25) is 0 Å². The van der Waals surface area contributed by atoms with Gasteiger partial charge in [-0.2, -0.15) is 0 Å². The van der Waals surface area contributed by atoms with Crippen molar-refractivity contribution < 1.29 is 9.59 Å². The van der Waals surface area contributed by atoms with Gasteiger partial charge in [0.05, 0.1) is 0 Å². The van der Waals surface area contributed by atoms with Crippen molar-refractivity contribution in [2.24, 2.45) is 0 Å². The van der Waals surface area contributed by atoms with E-state index in [1.165, 1.54) is 0 Å². The molecule has 0 bridgehead atoms. The average Bonchev–Trinajstić information content (AvgIpc) is 3.12. The van der Waals surface area contributed by atoms with Crippen LogP contribution in [0.5, 0.6) is 0 Å². The highest BCUT2D eigenvalue weighted by molar-refractivity contribution is 6.04. The maximum Gasteiger partial charge on any atom is 0.321 e. The van der Waals surface area contributed by atoms with E-state index in [4.69, 9.17) is 0 Å². The van der Waals surface area contributed by atoms with Crippen LogP contribution in [0, 0.1) is 13.8 Å². The summed E-state index contributed by atoms with van der Waals surface area (Å²) in [6, 6.07) is 12.8. The van der Waals surface area contributed by atoms with Crippen LogP contribution in [0.4, 0.5) is 16.2 Å². The molecule has 1 aliphatic rings. The zero-order valence-corrected chi connectivity index (χ0v) is 14.6. The Morgan fingerprint density at radius 1 is 0.880 bits per heavy atom. The number of hydrogen-bond acceptors (Lipinski definition) is 2. The summed E-state index contributed by atoms with van der Waals surface area (Å²) in [6.45, 7) is 5.61. The number of likely N-dealkylation sites (tertiary alicyclic amines) is 1. The molecule has 0 radical (unpaired) electrons. The van der Waals surface area contributed by atoms with Crippen molar-refractivity contribution in [3.05, 3.63) is 59.2 Å². The maximum atomic E-state index is 12.4. The van der Waals surface area contributed by atoms with Crippen LogP contribution in [0.1, 0.15) is 34.3 Å². The molecule has 1 heterocycles. The molecule has 2 N–H and O–H groups in total. The fourth-order valence-electron chi connectivity index (χ4n) is 2.88. The number of urea groups is 1. The molecule has 5 nitrogen and oxygen atoms in total. The van der Waals surface area contributed by atoms with E-state index < -0.39 is 0 Å². The lowest BCUT2D eigenvalue weighted by atomic mass is 10.1. The highest BCUT2D eigenvalue weighted by Crippen LogP contribution is 2.18. The number of anilines is 2. The van der Waals surface area contributed by atoms with E-state index in [0.717, 1.165) is 37.1 Å². The first kappa shape index (κ1) is 17.0. The lowest BCUT2D eigenvalue weighted by Crippen LogP contribution is -2.32. The van der Waals surface area contributed by atoms with Gasteiger partial charge in [0, 0.05) is 30.0 Å². The van der Waals surface area contributed by atoms with Crippen LogP contribution in [0.3, 0.4) is 0 Å². The van der Waals surface area contributed by atoms with Gasteiger partial charge in [-0.3, -0.25) is 4.79 Å². The van der Waals surface area contributed by atoms with Crippen LogP contribution in [0.15, 0.2) is 42.5 Å². The second kappa shape index (κ2) is 7.38. The normalized spacial score (nSPS) is 13.6. The molecule has 3 rings (SSSR count). The number of nitrogens with one attached hydrogen (secondary N) is 2. The highest BCUT2D eigenvalue weighted by atomic mass is 16.2.